The fourth-order valence-corrected chi connectivity index (χ4v) is 2.88. The third-order valence-electron chi connectivity index (χ3n) is 4.11. The van der Waals surface area contributed by atoms with Gasteiger partial charge in [-0.15, -0.1) is 0 Å². The number of imidazole rings is 1. The van der Waals surface area contributed by atoms with Crippen LogP contribution in [-0.4, -0.2) is 39.7 Å². The second kappa shape index (κ2) is 5.75. The molecule has 0 aliphatic carbocycles. The summed E-state index contributed by atoms with van der Waals surface area (Å²) in [5, 5.41) is 14.7. The van der Waals surface area contributed by atoms with Crippen molar-refractivity contribution in [3.8, 4) is 0 Å². The van der Waals surface area contributed by atoms with E-state index in [1.165, 1.54) is 17.9 Å². The van der Waals surface area contributed by atoms with Crippen molar-refractivity contribution in [1.29, 1.82) is 0 Å². The summed E-state index contributed by atoms with van der Waals surface area (Å²) in [6.45, 7) is 4.31. The van der Waals surface area contributed by atoms with E-state index >= 15 is 0 Å². The van der Waals surface area contributed by atoms with Crippen LogP contribution in [0.3, 0.4) is 0 Å². The number of fused-ring (bicyclic) bond motifs is 1. The Morgan fingerprint density at radius 2 is 1.88 bits per heavy atom. The molecule has 1 atom stereocenters. The highest BCUT2D eigenvalue weighted by Gasteiger charge is 2.17. The molecular weight excluding hydrogens is 312 g/mol. The topological polar surface area (TPSA) is 99.9 Å². The molecule has 0 spiro atoms. The van der Waals surface area contributed by atoms with Gasteiger partial charge >= 0.3 is 5.69 Å². The molecular formula is C15H20N6O3. The molecule has 0 amide bonds. The minimum absolute atomic E-state index is 0.183. The average Bonchev–Trinajstić information content (AvgIpc) is 3.06. The van der Waals surface area contributed by atoms with Gasteiger partial charge in [0.2, 0.25) is 0 Å². The maximum atomic E-state index is 12.4. The minimum Gasteiger partial charge on any atom is -0.389 e. The Bertz CT molecular complexity index is 1020. The normalized spacial score (nSPS) is 12.9. The largest absolute Gasteiger partial charge is 0.389 e. The van der Waals surface area contributed by atoms with Crippen molar-refractivity contribution in [2.24, 2.45) is 14.1 Å². The molecule has 9 nitrogen and oxygen atoms in total. The molecule has 128 valence electrons. The highest BCUT2D eigenvalue weighted by molar-refractivity contribution is 5.69. The molecule has 9 heteroatoms. The number of aryl methyl sites for hydroxylation is 3. The lowest BCUT2D eigenvalue weighted by atomic mass is 10.3. The van der Waals surface area contributed by atoms with Crippen molar-refractivity contribution >= 4 is 11.2 Å². The summed E-state index contributed by atoms with van der Waals surface area (Å²) in [4.78, 5) is 28.4. The van der Waals surface area contributed by atoms with Crippen molar-refractivity contribution in [3.63, 3.8) is 0 Å². The molecule has 24 heavy (non-hydrogen) atoms. The van der Waals surface area contributed by atoms with Gasteiger partial charge in [0.25, 0.3) is 5.56 Å². The maximum absolute atomic E-state index is 12.4. The van der Waals surface area contributed by atoms with Crippen molar-refractivity contribution in [2.75, 3.05) is 0 Å². The fourth-order valence-electron chi connectivity index (χ4n) is 2.88. The third-order valence-corrected chi connectivity index (χ3v) is 4.11. The standard InChI is InChI=1S/C15H20N6O3/c1-9-5-10(2)21(17-9)7-11(22)6-20-8-16-13-12(20)14(23)19(4)15(24)18(13)3/h5,8,11,22H,6-7H2,1-4H3/t11-/m1/s1. The molecule has 0 unspecified atom stereocenters. The van der Waals surface area contributed by atoms with Gasteiger partial charge in [-0.05, 0) is 19.9 Å². The zero-order chi connectivity index (χ0) is 17.6. The molecule has 3 heterocycles. The summed E-state index contributed by atoms with van der Waals surface area (Å²) in [7, 11) is 2.99. The van der Waals surface area contributed by atoms with Crippen molar-refractivity contribution in [2.45, 2.75) is 33.0 Å². The van der Waals surface area contributed by atoms with Crippen LogP contribution in [0.5, 0.6) is 0 Å². The number of hydrogen-bond donors (Lipinski definition) is 1. The lowest BCUT2D eigenvalue weighted by Gasteiger charge is -2.13. The van der Waals surface area contributed by atoms with Crippen LogP contribution >= 0.6 is 0 Å². The number of aliphatic hydroxyl groups is 1. The van der Waals surface area contributed by atoms with E-state index in [0.29, 0.717) is 17.7 Å². The van der Waals surface area contributed by atoms with E-state index in [1.807, 2.05) is 19.9 Å². The SMILES string of the molecule is Cc1cc(C)n(C[C@H](O)Cn2cnc3c2c(=O)n(C)c(=O)n3C)n1. The van der Waals surface area contributed by atoms with Crippen LogP contribution in [0.2, 0.25) is 0 Å². The van der Waals surface area contributed by atoms with Gasteiger partial charge in [0.15, 0.2) is 11.2 Å². The van der Waals surface area contributed by atoms with Crippen molar-refractivity contribution in [3.05, 3.63) is 44.6 Å². The summed E-state index contributed by atoms with van der Waals surface area (Å²) in [6.07, 6.45) is 0.720. The second-order valence-corrected chi connectivity index (χ2v) is 6.04. The first-order valence-electron chi connectivity index (χ1n) is 7.59. The highest BCUT2D eigenvalue weighted by Crippen LogP contribution is 2.08. The van der Waals surface area contributed by atoms with Gasteiger partial charge in [-0.1, -0.05) is 0 Å². The molecule has 0 aliphatic rings. The van der Waals surface area contributed by atoms with Crippen molar-refractivity contribution < 1.29 is 5.11 Å². The molecule has 0 radical (unpaired) electrons. The van der Waals surface area contributed by atoms with Gasteiger partial charge in [-0.2, -0.15) is 5.10 Å². The molecule has 3 aromatic rings. The average molecular weight is 332 g/mol. The van der Waals surface area contributed by atoms with E-state index in [1.54, 1.807) is 16.3 Å². The Morgan fingerprint density at radius 3 is 2.50 bits per heavy atom. The Hall–Kier alpha value is -2.68. The molecule has 3 aromatic heterocycles. The van der Waals surface area contributed by atoms with Gasteiger partial charge in [0, 0.05) is 19.8 Å². The number of aliphatic hydroxyl groups excluding tert-OH is 1. The van der Waals surface area contributed by atoms with E-state index < -0.39 is 17.4 Å². The van der Waals surface area contributed by atoms with Crippen LogP contribution < -0.4 is 11.2 Å². The van der Waals surface area contributed by atoms with Crippen LogP contribution in [0.15, 0.2) is 22.0 Å². The number of hydrogen-bond acceptors (Lipinski definition) is 5. The Labute approximate surface area is 137 Å². The summed E-state index contributed by atoms with van der Waals surface area (Å²) in [6, 6.07) is 1.94. The first-order chi connectivity index (χ1) is 11.3. The molecule has 0 aliphatic heterocycles. The van der Waals surface area contributed by atoms with E-state index in [4.69, 9.17) is 0 Å². The highest BCUT2D eigenvalue weighted by atomic mass is 16.3. The molecule has 0 saturated carbocycles. The third kappa shape index (κ3) is 2.56. The molecule has 0 saturated heterocycles. The van der Waals surface area contributed by atoms with Crippen LogP contribution in [0.25, 0.3) is 11.2 Å². The van der Waals surface area contributed by atoms with E-state index in [-0.39, 0.29) is 6.54 Å². The fraction of sp³-hybridized carbons (Fsp3) is 0.467. The Kier molecular flexibility index (Phi) is 3.88. The van der Waals surface area contributed by atoms with E-state index in [2.05, 4.69) is 10.1 Å². The quantitative estimate of drug-likeness (QED) is 0.681. The van der Waals surface area contributed by atoms with Crippen molar-refractivity contribution in [1.82, 2.24) is 28.5 Å². The van der Waals surface area contributed by atoms with E-state index in [0.717, 1.165) is 16.0 Å². The first-order valence-corrected chi connectivity index (χ1v) is 7.59. The summed E-state index contributed by atoms with van der Waals surface area (Å²) >= 11 is 0. The summed E-state index contributed by atoms with van der Waals surface area (Å²) in [5.74, 6) is 0. The second-order valence-electron chi connectivity index (χ2n) is 6.04. The molecule has 0 bridgehead atoms. The Balaban J connectivity index is 1.95. The van der Waals surface area contributed by atoms with Crippen LogP contribution in [-0.2, 0) is 27.2 Å². The molecule has 0 aromatic carbocycles. The Morgan fingerprint density at radius 1 is 1.17 bits per heavy atom. The van der Waals surface area contributed by atoms with Gasteiger partial charge in [-0.25, -0.2) is 9.78 Å². The number of aromatic nitrogens is 6. The molecule has 0 fully saturated rings. The molecule has 3 rings (SSSR count). The zero-order valence-corrected chi connectivity index (χ0v) is 14.1. The molecule has 1 N–H and O–H groups in total. The minimum atomic E-state index is -0.748. The maximum Gasteiger partial charge on any atom is 0.332 e. The van der Waals surface area contributed by atoms with E-state index in [9.17, 15) is 14.7 Å². The summed E-state index contributed by atoms with van der Waals surface area (Å²) < 4.78 is 5.66. The number of rotatable bonds is 4. The lowest BCUT2D eigenvalue weighted by molar-refractivity contribution is 0.130. The van der Waals surface area contributed by atoms with Gasteiger partial charge in [0.05, 0.1) is 31.2 Å². The zero-order valence-electron chi connectivity index (χ0n) is 14.1. The van der Waals surface area contributed by atoms with Gasteiger partial charge < -0.3 is 9.67 Å². The van der Waals surface area contributed by atoms with Crippen LogP contribution in [0.1, 0.15) is 11.4 Å². The monoisotopic (exact) mass is 332 g/mol. The number of nitrogens with zero attached hydrogens (tertiary/aromatic N) is 6. The predicted octanol–water partition coefficient (Wildman–Crippen LogP) is -0.692. The first kappa shape index (κ1) is 16.2. The van der Waals surface area contributed by atoms with Crippen LogP contribution in [0.4, 0.5) is 0 Å². The summed E-state index contributed by atoms with van der Waals surface area (Å²) in [5.41, 5.74) is 1.59. The van der Waals surface area contributed by atoms with Gasteiger partial charge in [0.1, 0.15) is 0 Å². The van der Waals surface area contributed by atoms with Gasteiger partial charge in [-0.3, -0.25) is 18.6 Å². The van der Waals surface area contributed by atoms with Crippen LogP contribution in [0, 0.1) is 13.8 Å². The predicted molar refractivity (Wildman–Crippen MR) is 87.9 cm³/mol. The smallest absolute Gasteiger partial charge is 0.332 e. The lowest BCUT2D eigenvalue weighted by Crippen LogP contribution is -2.38.